The summed E-state index contributed by atoms with van der Waals surface area (Å²) in [6, 6.07) is 7.97. The van der Waals surface area contributed by atoms with Crippen LogP contribution in [-0.4, -0.2) is 39.1 Å². The number of Topliss-reactive ketones (excluding diaryl/α,β-unsaturated/α-hetero) is 2. The van der Waals surface area contributed by atoms with Gasteiger partial charge in [-0.25, -0.2) is 0 Å². The summed E-state index contributed by atoms with van der Waals surface area (Å²) in [7, 11) is 0. The van der Waals surface area contributed by atoms with E-state index in [9.17, 15) is 24.6 Å². The van der Waals surface area contributed by atoms with Crippen LogP contribution in [0.4, 0.5) is 0 Å². The highest BCUT2D eigenvalue weighted by molar-refractivity contribution is 6.31. The number of hydrogen-bond acceptors (Lipinski definition) is 7. The number of H-pyrrole nitrogens is 1. The van der Waals surface area contributed by atoms with E-state index >= 15 is 0 Å². The van der Waals surface area contributed by atoms with E-state index < -0.39 is 28.5 Å². The largest absolute Gasteiger partial charge is 0.507 e. The van der Waals surface area contributed by atoms with E-state index in [1.807, 2.05) is 30.5 Å². The summed E-state index contributed by atoms with van der Waals surface area (Å²) in [6.07, 6.45) is 3.83. The van der Waals surface area contributed by atoms with Gasteiger partial charge in [-0.15, -0.1) is 0 Å². The van der Waals surface area contributed by atoms with Crippen molar-refractivity contribution in [1.82, 2.24) is 10.3 Å². The van der Waals surface area contributed by atoms with Crippen molar-refractivity contribution in [1.29, 1.82) is 0 Å². The summed E-state index contributed by atoms with van der Waals surface area (Å²) in [4.78, 5) is 42.4. The number of aromatic nitrogens is 1. The topological polar surface area (TPSA) is 129 Å². The molecule has 5 rings (SSSR count). The lowest BCUT2D eigenvalue weighted by atomic mass is 9.70. The molecular formula is C28H26N2O6. The molecule has 0 unspecified atom stereocenters. The summed E-state index contributed by atoms with van der Waals surface area (Å²) in [6.45, 7) is 6.43. The molecule has 1 aliphatic carbocycles. The molecule has 0 saturated heterocycles. The molecule has 2 aliphatic rings. The number of carbonyl (C=O) groups is 3. The third-order valence-corrected chi connectivity index (χ3v) is 7.22. The van der Waals surface area contributed by atoms with Crippen LogP contribution in [0.5, 0.6) is 17.2 Å². The summed E-state index contributed by atoms with van der Waals surface area (Å²) in [5.41, 5.74) is 1.02. The molecule has 1 aromatic heterocycles. The van der Waals surface area contributed by atoms with Gasteiger partial charge in [-0.05, 0) is 45.7 Å². The molecule has 8 heteroatoms. The van der Waals surface area contributed by atoms with E-state index in [1.165, 1.54) is 19.9 Å². The van der Waals surface area contributed by atoms with Crippen molar-refractivity contribution in [2.45, 2.75) is 39.5 Å². The number of ketones is 3. The first-order chi connectivity index (χ1) is 17.1. The highest BCUT2D eigenvalue weighted by atomic mass is 16.5. The Morgan fingerprint density at radius 3 is 2.58 bits per heavy atom. The molecule has 0 radical (unpaired) electrons. The first kappa shape index (κ1) is 23.4. The Labute approximate surface area is 207 Å². The Bertz CT molecular complexity index is 1560. The number of phenolic OH excluding ortho intramolecular Hbond substituents is 2. The highest BCUT2D eigenvalue weighted by Crippen LogP contribution is 2.57. The SMILES string of the molecule is CC(=O)c1c(O)c(C)c(O)c2c1OC1=CC(=O)/C(=C(/C)NCCc3c[nH]c4ccccc34)C(=O)[C@@]12C. The fourth-order valence-electron chi connectivity index (χ4n) is 5.17. The van der Waals surface area contributed by atoms with Gasteiger partial charge in [0.05, 0.1) is 11.1 Å². The average Bonchev–Trinajstić information content (AvgIpc) is 3.37. The molecular weight excluding hydrogens is 460 g/mol. The van der Waals surface area contributed by atoms with Gasteiger partial charge in [-0.3, -0.25) is 14.4 Å². The first-order valence-corrected chi connectivity index (χ1v) is 11.7. The Kier molecular flexibility index (Phi) is 5.28. The molecule has 184 valence electrons. The van der Waals surface area contributed by atoms with E-state index in [0.29, 0.717) is 18.7 Å². The predicted octanol–water partition coefficient (Wildman–Crippen LogP) is 3.88. The summed E-state index contributed by atoms with van der Waals surface area (Å²) >= 11 is 0. The molecule has 0 amide bonds. The molecule has 1 atom stereocenters. The second kappa shape index (κ2) is 8.12. The number of aromatic hydroxyl groups is 2. The Hall–Kier alpha value is -4.33. The molecule has 8 nitrogen and oxygen atoms in total. The highest BCUT2D eigenvalue weighted by Gasteiger charge is 2.56. The van der Waals surface area contributed by atoms with Crippen LogP contribution in [-0.2, 0) is 21.4 Å². The van der Waals surface area contributed by atoms with Gasteiger partial charge in [0, 0.05) is 41.0 Å². The maximum Gasteiger partial charge on any atom is 0.194 e. The molecule has 0 bridgehead atoms. The van der Waals surface area contributed by atoms with Crippen LogP contribution in [0.3, 0.4) is 0 Å². The van der Waals surface area contributed by atoms with Gasteiger partial charge >= 0.3 is 0 Å². The average molecular weight is 487 g/mol. The fourth-order valence-corrected chi connectivity index (χ4v) is 5.17. The number of benzene rings is 2. The van der Waals surface area contributed by atoms with Crippen LogP contribution in [0.1, 0.15) is 47.8 Å². The van der Waals surface area contributed by atoms with Crippen LogP contribution in [0, 0.1) is 6.92 Å². The lowest BCUT2D eigenvalue weighted by Gasteiger charge is -2.29. The molecule has 1 aliphatic heterocycles. The number of para-hydroxylation sites is 1. The van der Waals surface area contributed by atoms with Gasteiger partial charge in [0.2, 0.25) is 0 Å². The third kappa shape index (κ3) is 3.17. The number of allylic oxidation sites excluding steroid dienone is 4. The number of phenols is 2. The van der Waals surface area contributed by atoms with Gasteiger partial charge in [0.15, 0.2) is 17.3 Å². The number of hydrogen-bond donors (Lipinski definition) is 4. The molecule has 0 fully saturated rings. The zero-order valence-electron chi connectivity index (χ0n) is 20.4. The summed E-state index contributed by atoms with van der Waals surface area (Å²) in [5, 5.41) is 25.7. The van der Waals surface area contributed by atoms with Crippen LogP contribution >= 0.6 is 0 Å². The van der Waals surface area contributed by atoms with Crippen molar-refractivity contribution in [2.24, 2.45) is 0 Å². The van der Waals surface area contributed by atoms with Crippen LogP contribution < -0.4 is 10.1 Å². The Morgan fingerprint density at radius 2 is 1.86 bits per heavy atom. The van der Waals surface area contributed by atoms with Gasteiger partial charge in [0.25, 0.3) is 0 Å². The van der Waals surface area contributed by atoms with Gasteiger partial charge in [0.1, 0.15) is 34.0 Å². The third-order valence-electron chi connectivity index (χ3n) is 7.22. The normalized spacial score (nSPS) is 20.1. The van der Waals surface area contributed by atoms with Crippen LogP contribution in [0.15, 0.2) is 53.6 Å². The second-order valence-electron chi connectivity index (χ2n) is 9.42. The standard InChI is InChI=1S/C28H26N2O6/c1-13-24(33)22(15(3)31)26-23(25(13)34)28(4)20(36-26)11-19(32)21(27(28)35)14(2)29-10-9-16-12-30-18-8-6-5-7-17(16)18/h5-8,11-12,29-30,33-34H,9-10H2,1-4H3/b21-14+/t28-/m0/s1. The van der Waals surface area contributed by atoms with E-state index in [2.05, 4.69) is 10.3 Å². The van der Waals surface area contributed by atoms with Crippen molar-refractivity contribution < 1.29 is 29.3 Å². The predicted molar refractivity (Wildman–Crippen MR) is 133 cm³/mol. The van der Waals surface area contributed by atoms with Crippen LogP contribution in [0.25, 0.3) is 10.9 Å². The number of ether oxygens (including phenoxy) is 1. The van der Waals surface area contributed by atoms with E-state index in [0.717, 1.165) is 16.5 Å². The van der Waals surface area contributed by atoms with E-state index in [4.69, 9.17) is 4.74 Å². The maximum atomic E-state index is 13.8. The Balaban J connectivity index is 1.51. The zero-order valence-corrected chi connectivity index (χ0v) is 20.4. The monoisotopic (exact) mass is 486 g/mol. The van der Waals surface area contributed by atoms with Crippen molar-refractivity contribution in [3.8, 4) is 17.2 Å². The quantitative estimate of drug-likeness (QED) is 0.245. The van der Waals surface area contributed by atoms with Crippen molar-refractivity contribution >= 4 is 28.3 Å². The number of carbonyl (C=O) groups excluding carboxylic acids is 3. The molecule has 2 aromatic carbocycles. The van der Waals surface area contributed by atoms with Crippen molar-refractivity contribution in [2.75, 3.05) is 6.54 Å². The van der Waals surface area contributed by atoms with Gasteiger partial charge in [-0.2, -0.15) is 0 Å². The van der Waals surface area contributed by atoms with E-state index in [1.54, 1.807) is 13.8 Å². The molecule has 4 N–H and O–H groups in total. The van der Waals surface area contributed by atoms with Gasteiger partial charge in [-0.1, -0.05) is 18.2 Å². The number of rotatable bonds is 5. The smallest absolute Gasteiger partial charge is 0.194 e. The second-order valence-corrected chi connectivity index (χ2v) is 9.42. The summed E-state index contributed by atoms with van der Waals surface area (Å²) in [5.74, 6) is -2.39. The number of nitrogens with one attached hydrogen (secondary N) is 2. The molecule has 0 saturated carbocycles. The minimum Gasteiger partial charge on any atom is -0.507 e. The zero-order chi connectivity index (χ0) is 25.9. The molecule has 3 aromatic rings. The fraction of sp³-hybridized carbons (Fsp3) is 0.250. The number of fused-ring (bicyclic) bond motifs is 4. The van der Waals surface area contributed by atoms with Crippen LogP contribution in [0.2, 0.25) is 0 Å². The lowest BCUT2D eigenvalue weighted by molar-refractivity contribution is -0.123. The minimum atomic E-state index is -1.52. The molecule has 2 heterocycles. The minimum absolute atomic E-state index is 0.0191. The molecule has 36 heavy (non-hydrogen) atoms. The lowest BCUT2D eigenvalue weighted by Crippen LogP contribution is -2.41. The van der Waals surface area contributed by atoms with Crippen molar-refractivity contribution in [3.05, 3.63) is 75.8 Å². The Morgan fingerprint density at radius 1 is 1.14 bits per heavy atom. The van der Waals surface area contributed by atoms with Gasteiger partial charge < -0.3 is 25.3 Å². The maximum absolute atomic E-state index is 13.8. The molecule has 0 spiro atoms. The van der Waals surface area contributed by atoms with Crippen molar-refractivity contribution in [3.63, 3.8) is 0 Å². The first-order valence-electron chi connectivity index (χ1n) is 11.7. The number of aromatic amines is 1. The van der Waals surface area contributed by atoms with E-state index in [-0.39, 0.29) is 39.5 Å². The summed E-state index contributed by atoms with van der Waals surface area (Å²) < 4.78 is 5.80.